The Labute approximate surface area is 148 Å². The SMILES string of the molecule is Cl.Cl.OCCNCCNCc1cccc(Oc2ncccn2)c1. The molecule has 3 N–H and O–H groups in total. The summed E-state index contributed by atoms with van der Waals surface area (Å²) in [5.74, 6) is 0.721. The number of aliphatic hydroxyl groups excluding tert-OH is 1. The van der Waals surface area contributed by atoms with E-state index in [4.69, 9.17) is 9.84 Å². The minimum absolute atomic E-state index is 0. The molecule has 128 valence electrons. The molecule has 1 aromatic heterocycles. The molecule has 0 saturated heterocycles. The molecule has 0 fully saturated rings. The van der Waals surface area contributed by atoms with Crippen LogP contribution in [-0.2, 0) is 6.54 Å². The van der Waals surface area contributed by atoms with Crippen LogP contribution in [0, 0.1) is 0 Å². The van der Waals surface area contributed by atoms with Gasteiger partial charge in [0.15, 0.2) is 0 Å². The van der Waals surface area contributed by atoms with Crippen molar-refractivity contribution in [3.63, 3.8) is 0 Å². The number of hydrogen-bond acceptors (Lipinski definition) is 6. The molecule has 0 saturated carbocycles. The van der Waals surface area contributed by atoms with Crippen molar-refractivity contribution < 1.29 is 9.84 Å². The lowest BCUT2D eigenvalue weighted by atomic mass is 10.2. The summed E-state index contributed by atoms with van der Waals surface area (Å²) in [7, 11) is 0. The number of nitrogens with zero attached hydrogens (tertiary/aromatic N) is 2. The van der Waals surface area contributed by atoms with E-state index in [9.17, 15) is 0 Å². The van der Waals surface area contributed by atoms with Gasteiger partial charge in [-0.2, -0.15) is 0 Å². The minimum atomic E-state index is 0. The summed E-state index contributed by atoms with van der Waals surface area (Å²) >= 11 is 0. The zero-order valence-electron chi connectivity index (χ0n) is 12.6. The van der Waals surface area contributed by atoms with Gasteiger partial charge in [-0.05, 0) is 23.8 Å². The van der Waals surface area contributed by atoms with E-state index in [0.29, 0.717) is 12.6 Å². The van der Waals surface area contributed by atoms with Gasteiger partial charge in [-0.1, -0.05) is 12.1 Å². The summed E-state index contributed by atoms with van der Waals surface area (Å²) in [4.78, 5) is 8.06. The summed E-state index contributed by atoms with van der Waals surface area (Å²) in [5.41, 5.74) is 1.13. The van der Waals surface area contributed by atoms with Crippen molar-refractivity contribution in [3.8, 4) is 11.8 Å². The number of hydrogen-bond donors (Lipinski definition) is 3. The Balaban J connectivity index is 0.00000242. The zero-order chi connectivity index (χ0) is 14.8. The van der Waals surface area contributed by atoms with Crippen LogP contribution in [0.3, 0.4) is 0 Å². The van der Waals surface area contributed by atoms with Gasteiger partial charge in [0.2, 0.25) is 0 Å². The number of aromatic nitrogens is 2. The van der Waals surface area contributed by atoms with Gasteiger partial charge in [0.1, 0.15) is 5.75 Å². The van der Waals surface area contributed by atoms with E-state index in [1.807, 2.05) is 24.3 Å². The van der Waals surface area contributed by atoms with E-state index in [0.717, 1.165) is 30.9 Å². The monoisotopic (exact) mass is 360 g/mol. The summed E-state index contributed by atoms with van der Waals surface area (Å²) in [5, 5.41) is 15.1. The number of benzene rings is 1. The van der Waals surface area contributed by atoms with Gasteiger partial charge < -0.3 is 20.5 Å². The molecule has 0 unspecified atom stereocenters. The van der Waals surface area contributed by atoms with Gasteiger partial charge >= 0.3 is 6.01 Å². The van der Waals surface area contributed by atoms with Crippen molar-refractivity contribution in [2.75, 3.05) is 26.2 Å². The van der Waals surface area contributed by atoms with Gasteiger partial charge in [0.25, 0.3) is 0 Å². The Kier molecular flexibility index (Phi) is 12.2. The van der Waals surface area contributed by atoms with Crippen molar-refractivity contribution in [2.45, 2.75) is 6.54 Å². The molecule has 1 heterocycles. The van der Waals surface area contributed by atoms with E-state index in [1.54, 1.807) is 18.5 Å². The average molecular weight is 361 g/mol. The lowest BCUT2D eigenvalue weighted by Crippen LogP contribution is -2.28. The molecule has 6 nitrogen and oxygen atoms in total. The van der Waals surface area contributed by atoms with E-state index in [1.165, 1.54) is 0 Å². The first kappa shape index (κ1) is 21.6. The molecular weight excluding hydrogens is 339 g/mol. The third-order valence-corrected chi connectivity index (χ3v) is 2.75. The second-order valence-electron chi connectivity index (χ2n) is 4.43. The molecule has 8 heteroatoms. The number of ether oxygens (including phenoxy) is 1. The van der Waals surface area contributed by atoms with Crippen LogP contribution < -0.4 is 15.4 Å². The standard InChI is InChI=1S/C15H20N4O2.2ClH/c20-10-9-16-7-8-17-12-13-3-1-4-14(11-13)21-15-18-5-2-6-19-15;;/h1-6,11,16-17,20H,7-10,12H2;2*1H. The van der Waals surface area contributed by atoms with Crippen LogP contribution in [0.2, 0.25) is 0 Å². The third-order valence-electron chi connectivity index (χ3n) is 2.75. The van der Waals surface area contributed by atoms with Crippen LogP contribution >= 0.6 is 24.8 Å². The van der Waals surface area contributed by atoms with Gasteiger partial charge in [-0.3, -0.25) is 0 Å². The highest BCUT2D eigenvalue weighted by Crippen LogP contribution is 2.18. The summed E-state index contributed by atoms with van der Waals surface area (Å²) < 4.78 is 5.59. The Morgan fingerprint density at radius 1 is 0.957 bits per heavy atom. The lowest BCUT2D eigenvalue weighted by molar-refractivity contribution is 0.292. The van der Waals surface area contributed by atoms with Crippen LogP contribution in [0.4, 0.5) is 0 Å². The summed E-state index contributed by atoms with van der Waals surface area (Å²) in [6.07, 6.45) is 3.29. The number of rotatable bonds is 9. The zero-order valence-corrected chi connectivity index (χ0v) is 14.3. The van der Waals surface area contributed by atoms with E-state index in [-0.39, 0.29) is 31.4 Å². The molecule has 0 aliphatic heterocycles. The third kappa shape index (κ3) is 8.68. The molecule has 0 radical (unpaired) electrons. The molecule has 0 aliphatic rings. The molecule has 23 heavy (non-hydrogen) atoms. The predicted molar refractivity (Wildman–Crippen MR) is 94.7 cm³/mol. The predicted octanol–water partition coefficient (Wildman–Crippen LogP) is 1.78. The Hall–Kier alpha value is -1.44. The van der Waals surface area contributed by atoms with E-state index in [2.05, 4.69) is 20.6 Å². The highest BCUT2D eigenvalue weighted by atomic mass is 35.5. The lowest BCUT2D eigenvalue weighted by Gasteiger charge is -2.08. The first-order valence-corrected chi connectivity index (χ1v) is 6.94. The Morgan fingerprint density at radius 3 is 2.43 bits per heavy atom. The van der Waals surface area contributed by atoms with Crippen LogP contribution in [0.1, 0.15) is 5.56 Å². The van der Waals surface area contributed by atoms with Crippen molar-refractivity contribution in [1.29, 1.82) is 0 Å². The molecule has 0 amide bonds. The quantitative estimate of drug-likeness (QED) is 0.591. The molecule has 0 spiro atoms. The number of aliphatic hydroxyl groups is 1. The fourth-order valence-electron chi connectivity index (χ4n) is 1.78. The maximum atomic E-state index is 8.65. The molecule has 0 aliphatic carbocycles. The fraction of sp³-hybridized carbons (Fsp3) is 0.333. The van der Waals surface area contributed by atoms with Crippen LogP contribution in [-0.4, -0.2) is 41.3 Å². The van der Waals surface area contributed by atoms with E-state index >= 15 is 0 Å². The maximum Gasteiger partial charge on any atom is 0.321 e. The second kappa shape index (κ2) is 13.0. The largest absolute Gasteiger partial charge is 0.424 e. The number of nitrogens with one attached hydrogen (secondary N) is 2. The van der Waals surface area contributed by atoms with Crippen molar-refractivity contribution >= 4 is 24.8 Å². The first-order valence-electron chi connectivity index (χ1n) is 6.94. The highest BCUT2D eigenvalue weighted by Gasteiger charge is 2.00. The second-order valence-corrected chi connectivity index (χ2v) is 4.43. The first-order chi connectivity index (χ1) is 10.4. The molecule has 1 aromatic carbocycles. The molecule has 0 atom stereocenters. The molecule has 0 bridgehead atoms. The normalized spacial score (nSPS) is 9.61. The summed E-state index contributed by atoms with van der Waals surface area (Å²) in [6.45, 7) is 3.22. The Bertz CT molecular complexity index is 532. The van der Waals surface area contributed by atoms with Crippen molar-refractivity contribution in [2.24, 2.45) is 0 Å². The Morgan fingerprint density at radius 2 is 1.70 bits per heavy atom. The maximum absolute atomic E-state index is 8.65. The van der Waals surface area contributed by atoms with E-state index < -0.39 is 0 Å². The average Bonchev–Trinajstić information content (AvgIpc) is 2.52. The van der Waals surface area contributed by atoms with Crippen molar-refractivity contribution in [3.05, 3.63) is 48.3 Å². The fourth-order valence-corrected chi connectivity index (χ4v) is 1.78. The smallest absolute Gasteiger partial charge is 0.321 e. The van der Waals surface area contributed by atoms with Gasteiger partial charge in [-0.25, -0.2) is 9.97 Å². The molecular formula is C15H22Cl2N4O2. The summed E-state index contributed by atoms with van der Waals surface area (Å²) in [6, 6.07) is 9.91. The van der Waals surface area contributed by atoms with Crippen LogP contribution in [0.25, 0.3) is 0 Å². The van der Waals surface area contributed by atoms with Gasteiger partial charge in [0, 0.05) is 38.6 Å². The highest BCUT2D eigenvalue weighted by molar-refractivity contribution is 5.85. The van der Waals surface area contributed by atoms with Crippen LogP contribution in [0.15, 0.2) is 42.7 Å². The topological polar surface area (TPSA) is 79.3 Å². The van der Waals surface area contributed by atoms with Gasteiger partial charge in [-0.15, -0.1) is 24.8 Å². The van der Waals surface area contributed by atoms with Crippen LogP contribution in [0.5, 0.6) is 11.8 Å². The number of halogens is 2. The van der Waals surface area contributed by atoms with Gasteiger partial charge in [0.05, 0.1) is 6.61 Å². The molecule has 2 rings (SSSR count). The minimum Gasteiger partial charge on any atom is -0.424 e. The molecule has 2 aromatic rings. The van der Waals surface area contributed by atoms with Crippen molar-refractivity contribution in [1.82, 2.24) is 20.6 Å².